The van der Waals surface area contributed by atoms with Crippen LogP contribution in [0.15, 0.2) is 52.1 Å². The van der Waals surface area contributed by atoms with Crippen molar-refractivity contribution in [1.82, 2.24) is 0 Å². The zero-order valence-electron chi connectivity index (χ0n) is 10.5. The van der Waals surface area contributed by atoms with Gasteiger partial charge in [0.05, 0.1) is 0 Å². The fraction of sp³-hybridized carbons (Fsp3) is 0.357. The van der Waals surface area contributed by atoms with E-state index in [1.807, 2.05) is 18.4 Å². The topological polar surface area (TPSA) is 12.4 Å². The Morgan fingerprint density at radius 2 is 1.73 bits per heavy atom. The summed E-state index contributed by atoms with van der Waals surface area (Å²) in [5.74, 6) is 0. The van der Waals surface area contributed by atoms with Gasteiger partial charge in [0.25, 0.3) is 0 Å². The summed E-state index contributed by atoms with van der Waals surface area (Å²) in [6.07, 6.45) is 7.85. The van der Waals surface area contributed by atoms with Crippen molar-refractivity contribution in [2.24, 2.45) is 4.99 Å². The van der Waals surface area contributed by atoms with Gasteiger partial charge in [0, 0.05) is 13.3 Å². The Kier molecular flexibility index (Phi) is 6.35. The number of allylic oxidation sites excluding steroid dienone is 7. The van der Waals surface area contributed by atoms with Crippen molar-refractivity contribution in [3.8, 4) is 0 Å². The minimum absolute atomic E-state index is 1.18. The molecule has 82 valence electrons. The molecule has 0 aliphatic rings. The van der Waals surface area contributed by atoms with Crippen molar-refractivity contribution in [3.05, 3.63) is 47.1 Å². The second kappa shape index (κ2) is 6.99. The molecule has 0 saturated heterocycles. The van der Waals surface area contributed by atoms with Crippen molar-refractivity contribution >= 4 is 6.21 Å². The summed E-state index contributed by atoms with van der Waals surface area (Å²) in [7, 11) is 1.78. The molecule has 0 bridgehead atoms. The first-order valence-electron chi connectivity index (χ1n) is 5.10. The molecule has 0 heterocycles. The number of hydrogen-bond acceptors (Lipinski definition) is 1. The molecule has 0 amide bonds. The molecule has 0 unspecified atom stereocenters. The summed E-state index contributed by atoms with van der Waals surface area (Å²) in [5, 5.41) is 0. The van der Waals surface area contributed by atoms with Crippen LogP contribution in [0.1, 0.15) is 27.7 Å². The third kappa shape index (κ3) is 5.16. The Balaban J connectivity index is 5.02. The Morgan fingerprint density at radius 3 is 2.20 bits per heavy atom. The SMILES string of the molecule is C=C\C(C)=C/C(C)=C(C)/C(C)=C/C=N\C. The van der Waals surface area contributed by atoms with Crippen LogP contribution < -0.4 is 0 Å². The maximum absolute atomic E-state index is 3.94. The molecule has 0 spiro atoms. The molecule has 0 aromatic heterocycles. The normalized spacial score (nSPS) is 15.5. The second-order valence-corrected chi connectivity index (χ2v) is 3.66. The first-order valence-corrected chi connectivity index (χ1v) is 5.10. The molecular formula is C14H21N. The lowest BCUT2D eigenvalue weighted by Gasteiger charge is -2.04. The van der Waals surface area contributed by atoms with Crippen LogP contribution in [0.4, 0.5) is 0 Å². The van der Waals surface area contributed by atoms with Gasteiger partial charge in [-0.25, -0.2) is 0 Å². The van der Waals surface area contributed by atoms with Gasteiger partial charge < -0.3 is 0 Å². The summed E-state index contributed by atoms with van der Waals surface area (Å²) in [5.41, 5.74) is 4.98. The average Bonchev–Trinajstić information content (AvgIpc) is 2.24. The Hall–Kier alpha value is -1.37. The average molecular weight is 203 g/mol. The fourth-order valence-electron chi connectivity index (χ4n) is 1.13. The molecule has 0 radical (unpaired) electrons. The minimum atomic E-state index is 1.18. The third-order valence-electron chi connectivity index (χ3n) is 2.42. The third-order valence-corrected chi connectivity index (χ3v) is 2.42. The van der Waals surface area contributed by atoms with Gasteiger partial charge in [-0.3, -0.25) is 4.99 Å². The Labute approximate surface area is 93.6 Å². The van der Waals surface area contributed by atoms with Crippen molar-refractivity contribution in [2.45, 2.75) is 27.7 Å². The Bertz CT molecular complexity index is 338. The lowest BCUT2D eigenvalue weighted by molar-refractivity contribution is 1.27. The molecule has 0 aromatic rings. The summed E-state index contributed by atoms with van der Waals surface area (Å²) in [6.45, 7) is 12.1. The van der Waals surface area contributed by atoms with Crippen LogP contribution in [-0.4, -0.2) is 13.3 Å². The molecular weight excluding hydrogens is 182 g/mol. The van der Waals surface area contributed by atoms with Crippen LogP contribution in [0.3, 0.4) is 0 Å². The quantitative estimate of drug-likeness (QED) is 0.482. The Morgan fingerprint density at radius 1 is 1.13 bits per heavy atom. The number of nitrogens with zero attached hydrogens (tertiary/aromatic N) is 1. The van der Waals surface area contributed by atoms with Gasteiger partial charge in [-0.1, -0.05) is 24.3 Å². The molecule has 0 saturated carbocycles. The summed E-state index contributed by atoms with van der Waals surface area (Å²) < 4.78 is 0. The van der Waals surface area contributed by atoms with E-state index in [0.29, 0.717) is 0 Å². The van der Waals surface area contributed by atoms with Gasteiger partial charge in [0.15, 0.2) is 0 Å². The maximum atomic E-state index is 3.94. The van der Waals surface area contributed by atoms with Crippen LogP contribution in [0, 0.1) is 0 Å². The van der Waals surface area contributed by atoms with Crippen molar-refractivity contribution in [3.63, 3.8) is 0 Å². The molecule has 0 aliphatic carbocycles. The molecule has 0 aromatic carbocycles. The summed E-state index contributed by atoms with van der Waals surface area (Å²) >= 11 is 0. The van der Waals surface area contributed by atoms with Crippen molar-refractivity contribution in [1.29, 1.82) is 0 Å². The smallest absolute Gasteiger partial charge is 0.0277 e. The first-order chi connectivity index (χ1) is 7.02. The van der Waals surface area contributed by atoms with Crippen molar-refractivity contribution < 1.29 is 0 Å². The van der Waals surface area contributed by atoms with Gasteiger partial charge in [0.1, 0.15) is 0 Å². The zero-order chi connectivity index (χ0) is 11.8. The fourth-order valence-corrected chi connectivity index (χ4v) is 1.13. The minimum Gasteiger partial charge on any atom is -0.297 e. The van der Waals surface area contributed by atoms with E-state index in [1.54, 1.807) is 7.05 Å². The molecule has 1 heteroatoms. The monoisotopic (exact) mass is 203 g/mol. The van der Waals surface area contributed by atoms with E-state index in [0.717, 1.165) is 0 Å². The molecule has 0 atom stereocenters. The van der Waals surface area contributed by atoms with E-state index >= 15 is 0 Å². The molecule has 0 fully saturated rings. The maximum Gasteiger partial charge on any atom is 0.0277 e. The van der Waals surface area contributed by atoms with E-state index in [9.17, 15) is 0 Å². The standard InChI is InChI=1S/C14H21N/c1-7-11(2)10-13(4)14(5)12(3)8-9-15-6/h7-10H,1H2,2-6H3/b11-10-,12-8+,14-13+,15-9-. The molecule has 15 heavy (non-hydrogen) atoms. The summed E-state index contributed by atoms with van der Waals surface area (Å²) in [6, 6.07) is 0. The largest absolute Gasteiger partial charge is 0.297 e. The van der Waals surface area contributed by atoms with Gasteiger partial charge in [-0.2, -0.15) is 0 Å². The van der Waals surface area contributed by atoms with Crippen LogP contribution in [0.25, 0.3) is 0 Å². The predicted octanol–water partition coefficient (Wildman–Crippen LogP) is 4.10. The number of rotatable bonds is 4. The second-order valence-electron chi connectivity index (χ2n) is 3.66. The highest BCUT2D eigenvalue weighted by molar-refractivity contribution is 5.73. The molecule has 0 N–H and O–H groups in total. The van der Waals surface area contributed by atoms with E-state index in [2.05, 4.69) is 45.3 Å². The van der Waals surface area contributed by atoms with E-state index in [-0.39, 0.29) is 0 Å². The molecule has 1 nitrogen and oxygen atoms in total. The highest BCUT2D eigenvalue weighted by atomic mass is 14.6. The predicted molar refractivity (Wildman–Crippen MR) is 70.5 cm³/mol. The van der Waals surface area contributed by atoms with E-state index in [1.165, 1.54) is 22.3 Å². The van der Waals surface area contributed by atoms with Crippen LogP contribution in [0.5, 0.6) is 0 Å². The van der Waals surface area contributed by atoms with Crippen LogP contribution in [-0.2, 0) is 0 Å². The van der Waals surface area contributed by atoms with Gasteiger partial charge in [0.2, 0.25) is 0 Å². The number of hydrogen-bond donors (Lipinski definition) is 0. The lowest BCUT2D eigenvalue weighted by atomic mass is 10.0. The lowest BCUT2D eigenvalue weighted by Crippen LogP contribution is -1.86. The van der Waals surface area contributed by atoms with E-state index in [4.69, 9.17) is 0 Å². The van der Waals surface area contributed by atoms with Crippen molar-refractivity contribution in [2.75, 3.05) is 7.05 Å². The summed E-state index contributed by atoms with van der Waals surface area (Å²) in [4.78, 5) is 3.94. The molecule has 0 aliphatic heterocycles. The van der Waals surface area contributed by atoms with Gasteiger partial charge in [-0.05, 0) is 50.5 Å². The highest BCUT2D eigenvalue weighted by Gasteiger charge is 1.96. The highest BCUT2D eigenvalue weighted by Crippen LogP contribution is 2.15. The molecule has 0 rings (SSSR count). The number of aliphatic imine (C=N–C) groups is 1. The van der Waals surface area contributed by atoms with Crippen LogP contribution >= 0.6 is 0 Å². The van der Waals surface area contributed by atoms with Crippen LogP contribution in [0.2, 0.25) is 0 Å². The van der Waals surface area contributed by atoms with Gasteiger partial charge >= 0.3 is 0 Å². The first kappa shape index (κ1) is 13.6. The van der Waals surface area contributed by atoms with E-state index < -0.39 is 0 Å². The van der Waals surface area contributed by atoms with Gasteiger partial charge in [-0.15, -0.1) is 0 Å². The zero-order valence-corrected chi connectivity index (χ0v) is 10.5.